The van der Waals surface area contributed by atoms with Crippen molar-refractivity contribution in [1.82, 2.24) is 10.0 Å². The Hall–Kier alpha value is -2.22. The minimum atomic E-state index is -3.88. The third-order valence-electron chi connectivity index (χ3n) is 4.74. The Balaban J connectivity index is 2.22. The average molecular weight is 433 g/mol. The molecule has 30 heavy (non-hydrogen) atoms. The van der Waals surface area contributed by atoms with Crippen LogP contribution in [-0.4, -0.2) is 40.1 Å². The number of hydrogen-bond acceptors (Lipinski definition) is 4. The first-order valence-electron chi connectivity index (χ1n) is 10.2. The highest BCUT2D eigenvalue weighted by Crippen LogP contribution is 2.22. The van der Waals surface area contributed by atoms with Gasteiger partial charge in [0.1, 0.15) is 6.04 Å². The van der Waals surface area contributed by atoms with Crippen molar-refractivity contribution in [2.45, 2.75) is 51.5 Å². The maximum atomic E-state index is 13.2. The molecule has 0 saturated carbocycles. The van der Waals surface area contributed by atoms with Gasteiger partial charge in [-0.1, -0.05) is 48.0 Å². The van der Waals surface area contributed by atoms with E-state index in [9.17, 15) is 13.2 Å². The van der Waals surface area contributed by atoms with Gasteiger partial charge in [-0.3, -0.25) is 4.79 Å². The first-order chi connectivity index (χ1) is 14.2. The van der Waals surface area contributed by atoms with E-state index in [0.29, 0.717) is 37.3 Å². The quantitative estimate of drug-likeness (QED) is 0.535. The minimum absolute atomic E-state index is 0.232. The molecule has 1 atom stereocenters. The molecule has 0 aliphatic carbocycles. The number of hydrogen-bond donors (Lipinski definition) is 2. The van der Waals surface area contributed by atoms with Crippen LogP contribution in [0.5, 0.6) is 0 Å². The highest BCUT2D eigenvalue weighted by atomic mass is 32.2. The molecule has 0 radical (unpaired) electrons. The molecule has 0 bridgehead atoms. The SMILES string of the molecule is CCOCCCNC(=O)[C@H](Cc1ccccc1)NS(=O)(=O)c1c(C)cc(C)cc1C. The van der Waals surface area contributed by atoms with Crippen molar-refractivity contribution in [2.24, 2.45) is 0 Å². The Kier molecular flexibility index (Phi) is 9.02. The van der Waals surface area contributed by atoms with Crippen LogP contribution in [0.25, 0.3) is 0 Å². The highest BCUT2D eigenvalue weighted by molar-refractivity contribution is 7.89. The molecule has 2 rings (SSSR count). The van der Waals surface area contributed by atoms with E-state index in [1.165, 1.54) is 0 Å². The Morgan fingerprint density at radius 2 is 1.70 bits per heavy atom. The second-order valence-electron chi connectivity index (χ2n) is 7.43. The molecule has 2 N–H and O–H groups in total. The molecule has 1 amide bonds. The summed E-state index contributed by atoms with van der Waals surface area (Å²) in [6.45, 7) is 8.99. The Labute approximate surface area is 180 Å². The van der Waals surface area contributed by atoms with Crippen LogP contribution in [0.2, 0.25) is 0 Å². The van der Waals surface area contributed by atoms with Crippen molar-refractivity contribution in [2.75, 3.05) is 19.8 Å². The van der Waals surface area contributed by atoms with E-state index in [2.05, 4.69) is 10.0 Å². The van der Waals surface area contributed by atoms with Crippen LogP contribution >= 0.6 is 0 Å². The van der Waals surface area contributed by atoms with E-state index in [1.54, 1.807) is 13.8 Å². The predicted octanol–water partition coefficient (Wildman–Crippen LogP) is 3.04. The number of aryl methyl sites for hydroxylation is 3. The molecule has 2 aromatic carbocycles. The molecule has 0 aliphatic rings. The average Bonchev–Trinajstić information content (AvgIpc) is 2.66. The standard InChI is InChI=1S/C23H32N2O4S/c1-5-29-13-9-12-24-23(26)21(16-20-10-7-6-8-11-20)25-30(27,28)22-18(3)14-17(2)15-19(22)4/h6-8,10-11,14-15,21,25H,5,9,12-13,16H2,1-4H3,(H,24,26)/t21-/m0/s1. The van der Waals surface area contributed by atoms with Crippen LogP contribution in [-0.2, 0) is 26.0 Å². The third-order valence-corrected chi connectivity index (χ3v) is 6.51. The van der Waals surface area contributed by atoms with E-state index < -0.39 is 16.1 Å². The van der Waals surface area contributed by atoms with Gasteiger partial charge in [-0.25, -0.2) is 8.42 Å². The highest BCUT2D eigenvalue weighted by Gasteiger charge is 2.28. The Morgan fingerprint density at radius 3 is 2.30 bits per heavy atom. The summed E-state index contributed by atoms with van der Waals surface area (Å²) in [6, 6.07) is 12.1. The fourth-order valence-corrected chi connectivity index (χ4v) is 5.18. The van der Waals surface area contributed by atoms with Crippen molar-refractivity contribution in [1.29, 1.82) is 0 Å². The van der Waals surface area contributed by atoms with Gasteiger partial charge in [0.05, 0.1) is 4.90 Å². The van der Waals surface area contributed by atoms with Gasteiger partial charge < -0.3 is 10.1 Å². The lowest BCUT2D eigenvalue weighted by atomic mass is 10.1. The summed E-state index contributed by atoms with van der Waals surface area (Å²) < 4.78 is 34.3. The summed E-state index contributed by atoms with van der Waals surface area (Å²) in [5.41, 5.74) is 3.20. The number of carbonyl (C=O) groups excluding carboxylic acids is 1. The third kappa shape index (κ3) is 6.93. The summed E-state index contributed by atoms with van der Waals surface area (Å²) in [6.07, 6.45) is 0.932. The van der Waals surface area contributed by atoms with Gasteiger partial charge in [-0.05, 0) is 57.2 Å². The molecule has 2 aromatic rings. The Morgan fingerprint density at radius 1 is 1.07 bits per heavy atom. The Bertz CT molecular complexity index is 920. The molecule has 0 aliphatic heterocycles. The zero-order valence-electron chi connectivity index (χ0n) is 18.2. The van der Waals surface area contributed by atoms with E-state index in [-0.39, 0.29) is 17.2 Å². The smallest absolute Gasteiger partial charge is 0.241 e. The molecule has 0 unspecified atom stereocenters. The first kappa shape index (κ1) is 24.1. The normalized spacial score (nSPS) is 12.5. The monoisotopic (exact) mass is 432 g/mol. The number of carbonyl (C=O) groups is 1. The second kappa shape index (κ2) is 11.2. The number of amides is 1. The van der Waals surface area contributed by atoms with E-state index in [0.717, 1.165) is 11.1 Å². The van der Waals surface area contributed by atoms with Crippen molar-refractivity contribution in [3.63, 3.8) is 0 Å². The fraction of sp³-hybridized carbons (Fsp3) is 0.435. The summed E-state index contributed by atoms with van der Waals surface area (Å²) in [7, 11) is -3.88. The lowest BCUT2D eigenvalue weighted by molar-refractivity contribution is -0.122. The van der Waals surface area contributed by atoms with Gasteiger partial charge in [-0.2, -0.15) is 4.72 Å². The summed E-state index contributed by atoms with van der Waals surface area (Å²) in [5.74, 6) is -0.346. The van der Waals surface area contributed by atoms with Crippen LogP contribution in [0, 0.1) is 20.8 Å². The lowest BCUT2D eigenvalue weighted by Gasteiger charge is -2.20. The molecular weight excluding hydrogens is 400 g/mol. The number of sulfonamides is 1. The molecule has 6 nitrogen and oxygen atoms in total. The number of nitrogens with one attached hydrogen (secondary N) is 2. The zero-order chi connectivity index (χ0) is 22.1. The van der Waals surface area contributed by atoms with E-state index in [1.807, 2.05) is 56.3 Å². The van der Waals surface area contributed by atoms with Gasteiger partial charge in [0.25, 0.3) is 0 Å². The molecule has 0 saturated heterocycles. The van der Waals surface area contributed by atoms with Crippen molar-refractivity contribution in [3.05, 3.63) is 64.7 Å². The summed E-state index contributed by atoms with van der Waals surface area (Å²) >= 11 is 0. The van der Waals surface area contributed by atoms with Crippen LogP contribution < -0.4 is 10.0 Å². The maximum absolute atomic E-state index is 13.2. The van der Waals surface area contributed by atoms with Crippen LogP contribution in [0.1, 0.15) is 35.6 Å². The molecule has 0 spiro atoms. The van der Waals surface area contributed by atoms with Crippen molar-refractivity contribution >= 4 is 15.9 Å². The van der Waals surface area contributed by atoms with Crippen molar-refractivity contribution in [3.8, 4) is 0 Å². The minimum Gasteiger partial charge on any atom is -0.382 e. The molecule has 164 valence electrons. The number of ether oxygens (including phenoxy) is 1. The van der Waals surface area contributed by atoms with Crippen LogP contribution in [0.15, 0.2) is 47.4 Å². The summed E-state index contributed by atoms with van der Waals surface area (Å²) in [4.78, 5) is 13.1. The molecule has 0 heterocycles. The zero-order valence-corrected chi connectivity index (χ0v) is 19.0. The van der Waals surface area contributed by atoms with Gasteiger partial charge in [-0.15, -0.1) is 0 Å². The molecule has 7 heteroatoms. The lowest BCUT2D eigenvalue weighted by Crippen LogP contribution is -2.48. The number of benzene rings is 2. The largest absolute Gasteiger partial charge is 0.382 e. The molecule has 0 fully saturated rings. The molecular formula is C23H32N2O4S. The molecule has 0 aromatic heterocycles. The van der Waals surface area contributed by atoms with E-state index >= 15 is 0 Å². The predicted molar refractivity (Wildman–Crippen MR) is 119 cm³/mol. The topological polar surface area (TPSA) is 84.5 Å². The fourth-order valence-electron chi connectivity index (χ4n) is 3.53. The second-order valence-corrected chi connectivity index (χ2v) is 9.08. The maximum Gasteiger partial charge on any atom is 0.241 e. The van der Waals surface area contributed by atoms with Crippen LogP contribution in [0.3, 0.4) is 0 Å². The van der Waals surface area contributed by atoms with Crippen molar-refractivity contribution < 1.29 is 17.9 Å². The van der Waals surface area contributed by atoms with Crippen LogP contribution in [0.4, 0.5) is 0 Å². The number of rotatable bonds is 11. The van der Waals surface area contributed by atoms with Gasteiger partial charge >= 0.3 is 0 Å². The van der Waals surface area contributed by atoms with E-state index in [4.69, 9.17) is 4.74 Å². The summed E-state index contributed by atoms with van der Waals surface area (Å²) in [5, 5.41) is 2.83. The van der Waals surface area contributed by atoms with Gasteiger partial charge in [0.2, 0.25) is 15.9 Å². The van der Waals surface area contributed by atoms with Gasteiger partial charge in [0, 0.05) is 19.8 Å². The van der Waals surface area contributed by atoms with Gasteiger partial charge in [0.15, 0.2) is 0 Å². The first-order valence-corrected chi connectivity index (χ1v) is 11.7.